The first-order chi connectivity index (χ1) is 8.46. The molecule has 1 aliphatic heterocycles. The van der Waals surface area contributed by atoms with Gasteiger partial charge >= 0.3 is 0 Å². The molecule has 2 rings (SSSR count). The highest BCUT2D eigenvalue weighted by atomic mass is 32.2. The minimum absolute atomic E-state index is 0.0320. The summed E-state index contributed by atoms with van der Waals surface area (Å²) >= 11 is 0. The number of aromatic amines is 1. The van der Waals surface area contributed by atoms with E-state index in [9.17, 15) is 13.2 Å². The Bertz CT molecular complexity index is 505. The van der Waals surface area contributed by atoms with Crippen LogP contribution in [-0.2, 0) is 10.0 Å². The Kier molecular flexibility index (Phi) is 3.57. The molecule has 0 bridgehead atoms. The van der Waals surface area contributed by atoms with Crippen LogP contribution in [0, 0.1) is 0 Å². The molecule has 100 valence electrons. The molecular formula is C8H14N6O3S. The SMILES string of the molecule is CS(=O)(=O)NC1CCN(C(=O)c2nn[nH]n2)CC1. The maximum absolute atomic E-state index is 11.9. The van der Waals surface area contributed by atoms with Crippen LogP contribution < -0.4 is 4.72 Å². The molecule has 0 spiro atoms. The van der Waals surface area contributed by atoms with E-state index in [-0.39, 0.29) is 17.8 Å². The second kappa shape index (κ2) is 4.98. The van der Waals surface area contributed by atoms with E-state index in [4.69, 9.17) is 0 Å². The van der Waals surface area contributed by atoms with Gasteiger partial charge < -0.3 is 4.90 Å². The summed E-state index contributed by atoms with van der Waals surface area (Å²) in [4.78, 5) is 13.4. The summed E-state index contributed by atoms with van der Waals surface area (Å²) in [5.74, 6) is -0.258. The van der Waals surface area contributed by atoms with Crippen molar-refractivity contribution in [1.82, 2.24) is 30.2 Å². The van der Waals surface area contributed by atoms with Gasteiger partial charge in [0.2, 0.25) is 10.0 Å². The van der Waals surface area contributed by atoms with Crippen LogP contribution in [0.5, 0.6) is 0 Å². The van der Waals surface area contributed by atoms with Gasteiger partial charge in [-0.1, -0.05) is 0 Å². The number of sulfonamides is 1. The molecule has 1 fully saturated rings. The molecule has 0 saturated carbocycles. The number of piperidine rings is 1. The number of rotatable bonds is 3. The molecule has 10 heteroatoms. The Hall–Kier alpha value is -1.55. The van der Waals surface area contributed by atoms with Gasteiger partial charge in [-0.05, 0) is 18.1 Å². The third-order valence-electron chi connectivity index (χ3n) is 2.70. The number of carbonyl (C=O) groups is 1. The summed E-state index contributed by atoms with van der Waals surface area (Å²) in [6.07, 6.45) is 2.29. The summed E-state index contributed by atoms with van der Waals surface area (Å²) in [5.41, 5.74) is 0. The second-order valence-electron chi connectivity index (χ2n) is 4.19. The first-order valence-electron chi connectivity index (χ1n) is 5.46. The predicted molar refractivity (Wildman–Crippen MR) is 61.1 cm³/mol. The predicted octanol–water partition coefficient (Wildman–Crippen LogP) is -1.65. The van der Waals surface area contributed by atoms with Crippen molar-refractivity contribution < 1.29 is 13.2 Å². The molecule has 18 heavy (non-hydrogen) atoms. The van der Waals surface area contributed by atoms with Crippen molar-refractivity contribution in [3.8, 4) is 0 Å². The van der Waals surface area contributed by atoms with E-state index >= 15 is 0 Å². The Morgan fingerprint density at radius 2 is 2.11 bits per heavy atom. The molecule has 1 saturated heterocycles. The zero-order valence-corrected chi connectivity index (χ0v) is 10.6. The van der Waals surface area contributed by atoms with Gasteiger partial charge in [0.25, 0.3) is 11.7 Å². The summed E-state index contributed by atoms with van der Waals surface area (Å²) in [6.45, 7) is 0.946. The van der Waals surface area contributed by atoms with Crippen LogP contribution in [0.1, 0.15) is 23.5 Å². The number of carbonyl (C=O) groups excluding carboxylic acids is 1. The van der Waals surface area contributed by atoms with Gasteiger partial charge in [-0.15, -0.1) is 10.2 Å². The van der Waals surface area contributed by atoms with Crippen molar-refractivity contribution in [3.63, 3.8) is 0 Å². The van der Waals surface area contributed by atoms with Gasteiger partial charge in [0.05, 0.1) is 6.26 Å². The highest BCUT2D eigenvalue weighted by molar-refractivity contribution is 7.88. The highest BCUT2D eigenvalue weighted by Gasteiger charge is 2.26. The topological polar surface area (TPSA) is 121 Å². The fourth-order valence-corrected chi connectivity index (χ4v) is 2.74. The van der Waals surface area contributed by atoms with Gasteiger partial charge in [0.15, 0.2) is 0 Å². The summed E-state index contributed by atoms with van der Waals surface area (Å²) < 4.78 is 24.7. The Morgan fingerprint density at radius 1 is 1.44 bits per heavy atom. The monoisotopic (exact) mass is 274 g/mol. The van der Waals surface area contributed by atoms with Gasteiger partial charge in [0.1, 0.15) is 0 Å². The van der Waals surface area contributed by atoms with E-state index in [1.807, 2.05) is 0 Å². The Morgan fingerprint density at radius 3 is 2.61 bits per heavy atom. The normalized spacial score (nSPS) is 17.9. The molecule has 0 radical (unpaired) electrons. The molecule has 0 unspecified atom stereocenters. The van der Waals surface area contributed by atoms with Crippen LogP contribution in [0.2, 0.25) is 0 Å². The number of amides is 1. The average molecular weight is 274 g/mol. The van der Waals surface area contributed by atoms with Crippen molar-refractivity contribution >= 4 is 15.9 Å². The van der Waals surface area contributed by atoms with Gasteiger partial charge in [-0.2, -0.15) is 5.21 Å². The van der Waals surface area contributed by atoms with E-state index in [0.717, 1.165) is 6.26 Å². The van der Waals surface area contributed by atoms with Gasteiger partial charge in [-0.25, -0.2) is 13.1 Å². The van der Waals surface area contributed by atoms with Crippen molar-refractivity contribution in [2.45, 2.75) is 18.9 Å². The number of nitrogens with one attached hydrogen (secondary N) is 2. The number of nitrogens with zero attached hydrogens (tertiary/aromatic N) is 4. The molecule has 1 aromatic heterocycles. The smallest absolute Gasteiger partial charge is 0.295 e. The standard InChI is InChI=1S/C8H14N6O3S/c1-18(16,17)11-6-2-4-14(5-3-6)8(15)7-9-12-13-10-7/h6,11H,2-5H2,1H3,(H,9,10,12,13). The third kappa shape index (κ3) is 3.23. The van der Waals surface area contributed by atoms with E-state index in [2.05, 4.69) is 25.3 Å². The van der Waals surface area contributed by atoms with Crippen molar-refractivity contribution in [2.24, 2.45) is 0 Å². The molecule has 2 heterocycles. The fraction of sp³-hybridized carbons (Fsp3) is 0.750. The first-order valence-corrected chi connectivity index (χ1v) is 7.35. The molecule has 1 aliphatic rings. The van der Waals surface area contributed by atoms with Crippen molar-refractivity contribution in [2.75, 3.05) is 19.3 Å². The lowest BCUT2D eigenvalue weighted by atomic mass is 10.1. The third-order valence-corrected chi connectivity index (χ3v) is 3.46. The van der Waals surface area contributed by atoms with Crippen LogP contribution in [0.4, 0.5) is 0 Å². The number of likely N-dealkylation sites (tertiary alicyclic amines) is 1. The average Bonchev–Trinajstić information content (AvgIpc) is 2.80. The lowest BCUT2D eigenvalue weighted by Crippen LogP contribution is -2.46. The summed E-state index contributed by atoms with van der Waals surface area (Å²) in [7, 11) is -3.20. The molecule has 1 aromatic rings. The minimum Gasteiger partial charge on any atom is -0.336 e. The fourth-order valence-electron chi connectivity index (χ4n) is 1.90. The molecule has 2 N–H and O–H groups in total. The number of hydrogen-bond acceptors (Lipinski definition) is 6. The minimum atomic E-state index is -3.20. The van der Waals surface area contributed by atoms with E-state index in [0.29, 0.717) is 25.9 Å². The van der Waals surface area contributed by atoms with Gasteiger partial charge in [0, 0.05) is 19.1 Å². The molecular weight excluding hydrogens is 260 g/mol. The Balaban J connectivity index is 1.89. The van der Waals surface area contributed by atoms with E-state index in [1.54, 1.807) is 4.90 Å². The molecule has 0 aliphatic carbocycles. The maximum atomic E-state index is 11.9. The lowest BCUT2D eigenvalue weighted by Gasteiger charge is -2.31. The molecule has 0 atom stereocenters. The van der Waals surface area contributed by atoms with Gasteiger partial charge in [-0.3, -0.25) is 4.79 Å². The van der Waals surface area contributed by atoms with E-state index in [1.165, 1.54) is 0 Å². The lowest BCUT2D eigenvalue weighted by molar-refractivity contribution is 0.0699. The largest absolute Gasteiger partial charge is 0.336 e. The molecule has 1 amide bonds. The summed E-state index contributed by atoms with van der Waals surface area (Å²) in [6, 6.07) is -0.116. The second-order valence-corrected chi connectivity index (χ2v) is 5.97. The number of aromatic nitrogens is 4. The van der Waals surface area contributed by atoms with Crippen LogP contribution in [0.15, 0.2) is 0 Å². The van der Waals surface area contributed by atoms with Crippen LogP contribution >= 0.6 is 0 Å². The summed E-state index contributed by atoms with van der Waals surface area (Å²) in [5, 5.41) is 12.8. The number of H-pyrrole nitrogens is 1. The maximum Gasteiger partial charge on any atom is 0.295 e. The number of tetrazole rings is 1. The van der Waals surface area contributed by atoms with Crippen LogP contribution in [-0.4, -0.2) is 65.2 Å². The zero-order valence-electron chi connectivity index (χ0n) is 9.83. The van der Waals surface area contributed by atoms with Crippen LogP contribution in [0.3, 0.4) is 0 Å². The first kappa shape index (κ1) is 12.9. The highest BCUT2D eigenvalue weighted by Crippen LogP contribution is 2.12. The zero-order chi connectivity index (χ0) is 13.2. The quantitative estimate of drug-likeness (QED) is 0.681. The van der Waals surface area contributed by atoms with Crippen LogP contribution in [0.25, 0.3) is 0 Å². The number of hydrogen-bond donors (Lipinski definition) is 2. The molecule has 0 aromatic carbocycles. The Labute approximate surface area is 104 Å². The van der Waals surface area contributed by atoms with Crippen molar-refractivity contribution in [3.05, 3.63) is 5.82 Å². The molecule has 9 nitrogen and oxygen atoms in total. The van der Waals surface area contributed by atoms with E-state index < -0.39 is 10.0 Å². The van der Waals surface area contributed by atoms with Crippen molar-refractivity contribution in [1.29, 1.82) is 0 Å².